The molecule has 0 fully saturated rings. The molecule has 0 aliphatic heterocycles. The summed E-state index contributed by atoms with van der Waals surface area (Å²) in [4.78, 5) is 0. The average molecular weight is 448 g/mol. The highest BCUT2D eigenvalue weighted by molar-refractivity contribution is 5.88. The zero-order valence-corrected chi connectivity index (χ0v) is 19.4. The minimum absolute atomic E-state index is 1.07. The van der Waals surface area contributed by atoms with E-state index >= 15 is 0 Å². The third-order valence-corrected chi connectivity index (χ3v) is 6.48. The molecule has 0 aliphatic rings. The van der Waals surface area contributed by atoms with Crippen LogP contribution >= 0.6 is 0 Å². The minimum Gasteiger partial charge on any atom is -0.355 e. The summed E-state index contributed by atoms with van der Waals surface area (Å²) in [6.07, 6.45) is 0. The van der Waals surface area contributed by atoms with Crippen LogP contribution in [0.3, 0.4) is 0 Å². The molecule has 0 spiro atoms. The molecular weight excluding hydrogens is 422 g/mol. The zero-order chi connectivity index (χ0) is 23.5. The Hall–Kier alpha value is -4.62. The van der Waals surface area contributed by atoms with Gasteiger partial charge in [0.05, 0.1) is 0 Å². The summed E-state index contributed by atoms with van der Waals surface area (Å²) >= 11 is 0. The second-order valence-corrected chi connectivity index (χ2v) is 8.75. The van der Waals surface area contributed by atoms with E-state index in [9.17, 15) is 0 Å². The summed E-state index contributed by atoms with van der Waals surface area (Å²) in [6, 6.07) is 51.6. The average Bonchev–Trinajstić information content (AvgIpc) is 2.94. The van der Waals surface area contributed by atoms with Crippen molar-refractivity contribution in [3.05, 3.63) is 146 Å². The molecule has 1 nitrogen and oxygen atoms in total. The number of para-hydroxylation sites is 1. The molecular formula is C34H25N. The molecule has 1 heteroatoms. The highest BCUT2D eigenvalue weighted by atomic mass is 14.9. The number of hydrogen-bond donors (Lipinski definition) is 1. The van der Waals surface area contributed by atoms with E-state index in [-0.39, 0.29) is 0 Å². The smallest absolute Gasteiger partial charge is 0.0463 e. The van der Waals surface area contributed by atoms with Gasteiger partial charge in [0.2, 0.25) is 0 Å². The third-order valence-electron chi connectivity index (χ3n) is 6.48. The van der Waals surface area contributed by atoms with E-state index in [0.717, 1.165) is 11.4 Å². The van der Waals surface area contributed by atoms with Crippen LogP contribution in [0.25, 0.3) is 44.2 Å². The van der Waals surface area contributed by atoms with Crippen molar-refractivity contribution in [1.82, 2.24) is 0 Å². The Balaban J connectivity index is 1.25. The first-order valence-electron chi connectivity index (χ1n) is 11.9. The molecule has 0 saturated carbocycles. The van der Waals surface area contributed by atoms with Gasteiger partial charge in [-0.25, -0.2) is 0 Å². The normalized spacial score (nSPS) is 10.9. The van der Waals surface area contributed by atoms with E-state index in [1.165, 1.54) is 44.2 Å². The molecule has 1 N–H and O–H groups in total. The third kappa shape index (κ3) is 4.45. The largest absolute Gasteiger partial charge is 0.355 e. The Kier molecular flexibility index (Phi) is 5.58. The van der Waals surface area contributed by atoms with Gasteiger partial charge in [0.15, 0.2) is 0 Å². The Morgan fingerprint density at radius 3 is 1.69 bits per heavy atom. The summed E-state index contributed by atoms with van der Waals surface area (Å²) in [5.41, 5.74) is 9.45. The molecule has 0 aliphatic carbocycles. The molecule has 6 aromatic carbocycles. The molecule has 0 bridgehead atoms. The maximum atomic E-state index is 3.63. The molecule has 6 aromatic rings. The number of fused-ring (bicyclic) bond motifs is 1. The van der Waals surface area contributed by atoms with Crippen LogP contribution < -0.4 is 5.32 Å². The molecule has 166 valence electrons. The van der Waals surface area contributed by atoms with Crippen LogP contribution in [0.4, 0.5) is 11.4 Å². The van der Waals surface area contributed by atoms with Gasteiger partial charge in [-0.1, -0.05) is 121 Å². The zero-order valence-electron chi connectivity index (χ0n) is 19.4. The lowest BCUT2D eigenvalue weighted by molar-refractivity contribution is 1.52. The van der Waals surface area contributed by atoms with Gasteiger partial charge in [-0.3, -0.25) is 0 Å². The molecule has 0 saturated heterocycles. The first-order chi connectivity index (χ1) is 17.3. The lowest BCUT2D eigenvalue weighted by Gasteiger charge is -2.14. The molecule has 6 rings (SSSR count). The molecule has 0 amide bonds. The van der Waals surface area contributed by atoms with Crippen LogP contribution in [-0.4, -0.2) is 0 Å². The van der Waals surface area contributed by atoms with E-state index in [2.05, 4.69) is 145 Å². The van der Waals surface area contributed by atoms with Crippen molar-refractivity contribution < 1.29 is 0 Å². The second-order valence-electron chi connectivity index (χ2n) is 8.75. The fourth-order valence-electron chi connectivity index (χ4n) is 4.59. The lowest BCUT2D eigenvalue weighted by atomic mass is 9.99. The molecule has 0 radical (unpaired) electrons. The maximum Gasteiger partial charge on any atom is 0.0463 e. The SMILES string of the molecule is c1ccc(-c2ccc(-c3ccccc3Nc3ccc(-c4ccc5ccccc5c4)cc3)cc2)cc1. The van der Waals surface area contributed by atoms with Crippen LogP contribution in [0.1, 0.15) is 0 Å². The molecule has 35 heavy (non-hydrogen) atoms. The predicted octanol–water partition coefficient (Wildman–Crippen LogP) is 9.58. The highest BCUT2D eigenvalue weighted by Crippen LogP contribution is 2.33. The number of rotatable bonds is 5. The monoisotopic (exact) mass is 447 g/mol. The molecule has 0 atom stereocenters. The number of benzene rings is 6. The van der Waals surface area contributed by atoms with Crippen molar-refractivity contribution in [3.8, 4) is 33.4 Å². The Morgan fingerprint density at radius 2 is 0.886 bits per heavy atom. The van der Waals surface area contributed by atoms with Gasteiger partial charge in [0.1, 0.15) is 0 Å². The fraction of sp³-hybridized carbons (Fsp3) is 0. The van der Waals surface area contributed by atoms with E-state index in [0.29, 0.717) is 0 Å². The number of anilines is 2. The summed E-state index contributed by atoms with van der Waals surface area (Å²) in [7, 11) is 0. The molecule has 0 aromatic heterocycles. The lowest BCUT2D eigenvalue weighted by Crippen LogP contribution is -1.93. The van der Waals surface area contributed by atoms with Crippen molar-refractivity contribution in [2.45, 2.75) is 0 Å². The van der Waals surface area contributed by atoms with Crippen molar-refractivity contribution >= 4 is 22.1 Å². The standard InChI is InChI=1S/C34H25N/c1-2-8-25(9-3-1)27-14-17-29(18-15-27)33-12-6-7-13-34(33)35-32-22-20-28(21-23-32)31-19-16-26-10-4-5-11-30(26)24-31/h1-24,35H. The second kappa shape index (κ2) is 9.32. The Bertz CT molecular complexity index is 1580. The maximum absolute atomic E-state index is 3.63. The van der Waals surface area contributed by atoms with Crippen molar-refractivity contribution in [3.63, 3.8) is 0 Å². The van der Waals surface area contributed by atoms with Gasteiger partial charge in [-0.05, 0) is 62.9 Å². The summed E-state index contributed by atoms with van der Waals surface area (Å²) in [5, 5.41) is 6.16. The van der Waals surface area contributed by atoms with Gasteiger partial charge in [-0.2, -0.15) is 0 Å². The van der Waals surface area contributed by atoms with E-state index in [1.54, 1.807) is 0 Å². The van der Waals surface area contributed by atoms with Gasteiger partial charge >= 0.3 is 0 Å². The van der Waals surface area contributed by atoms with Crippen LogP contribution in [0.15, 0.2) is 146 Å². The number of nitrogens with one attached hydrogen (secondary N) is 1. The summed E-state index contributed by atoms with van der Waals surface area (Å²) in [5.74, 6) is 0. The fourth-order valence-corrected chi connectivity index (χ4v) is 4.59. The van der Waals surface area contributed by atoms with Crippen LogP contribution in [0.5, 0.6) is 0 Å². The Morgan fingerprint density at radius 1 is 0.343 bits per heavy atom. The topological polar surface area (TPSA) is 12.0 Å². The first-order valence-corrected chi connectivity index (χ1v) is 11.9. The first kappa shape index (κ1) is 20.9. The van der Waals surface area contributed by atoms with E-state index < -0.39 is 0 Å². The van der Waals surface area contributed by atoms with E-state index in [1.807, 2.05) is 6.07 Å². The molecule has 0 unspecified atom stereocenters. The minimum atomic E-state index is 1.07. The van der Waals surface area contributed by atoms with Crippen molar-refractivity contribution in [2.24, 2.45) is 0 Å². The summed E-state index contributed by atoms with van der Waals surface area (Å²) in [6.45, 7) is 0. The number of hydrogen-bond acceptors (Lipinski definition) is 1. The van der Waals surface area contributed by atoms with Crippen LogP contribution in [0.2, 0.25) is 0 Å². The highest BCUT2D eigenvalue weighted by Gasteiger charge is 2.07. The van der Waals surface area contributed by atoms with Crippen molar-refractivity contribution in [2.75, 3.05) is 5.32 Å². The van der Waals surface area contributed by atoms with Crippen molar-refractivity contribution in [1.29, 1.82) is 0 Å². The summed E-state index contributed by atoms with van der Waals surface area (Å²) < 4.78 is 0. The van der Waals surface area contributed by atoms with Crippen LogP contribution in [0, 0.1) is 0 Å². The van der Waals surface area contributed by atoms with Crippen LogP contribution in [-0.2, 0) is 0 Å². The van der Waals surface area contributed by atoms with Gasteiger partial charge in [-0.15, -0.1) is 0 Å². The molecule has 0 heterocycles. The Labute approximate surface area is 206 Å². The quantitative estimate of drug-likeness (QED) is 0.277. The van der Waals surface area contributed by atoms with Gasteiger partial charge in [0.25, 0.3) is 0 Å². The van der Waals surface area contributed by atoms with Gasteiger partial charge in [0, 0.05) is 16.9 Å². The predicted molar refractivity (Wildman–Crippen MR) is 150 cm³/mol. The van der Waals surface area contributed by atoms with Gasteiger partial charge < -0.3 is 5.32 Å². The van der Waals surface area contributed by atoms with E-state index in [4.69, 9.17) is 0 Å².